The predicted octanol–water partition coefficient (Wildman–Crippen LogP) is 0.806. The summed E-state index contributed by atoms with van der Waals surface area (Å²) in [6, 6.07) is 0.373. The van der Waals surface area contributed by atoms with Crippen molar-refractivity contribution in [3.63, 3.8) is 0 Å². The molecule has 0 aliphatic heterocycles. The monoisotopic (exact) mass is 269 g/mol. The summed E-state index contributed by atoms with van der Waals surface area (Å²) in [4.78, 5) is 13.9. The van der Waals surface area contributed by atoms with Gasteiger partial charge in [0.05, 0.1) is 0 Å². The fraction of sp³-hybridized carbons (Fsp3) is 0.818. The van der Waals surface area contributed by atoms with E-state index in [4.69, 9.17) is 0 Å². The molecular weight excluding hydrogens is 250 g/mol. The van der Waals surface area contributed by atoms with Crippen LogP contribution in [-0.4, -0.2) is 55.1 Å². The van der Waals surface area contributed by atoms with Crippen molar-refractivity contribution in [1.82, 2.24) is 25.1 Å². The highest BCUT2D eigenvalue weighted by molar-refractivity contribution is 7.99. The summed E-state index contributed by atoms with van der Waals surface area (Å²) in [5.41, 5.74) is 0. The van der Waals surface area contributed by atoms with Crippen LogP contribution in [-0.2, 0) is 11.3 Å². The standard InChI is InChI=1S/C11H19N5OS/c1-3-18-10-5-4-9(6-10)15(2)11(17)7-16-8-12-13-14-16/h8-10H,3-7H2,1-2H3/t9-,10+/m0/s1. The van der Waals surface area contributed by atoms with E-state index in [2.05, 4.69) is 22.4 Å². The lowest BCUT2D eigenvalue weighted by Crippen LogP contribution is -2.37. The molecule has 1 amide bonds. The highest BCUT2D eigenvalue weighted by atomic mass is 32.2. The van der Waals surface area contributed by atoms with Crippen molar-refractivity contribution in [2.24, 2.45) is 0 Å². The van der Waals surface area contributed by atoms with Crippen molar-refractivity contribution in [2.75, 3.05) is 12.8 Å². The zero-order valence-corrected chi connectivity index (χ0v) is 11.6. The lowest BCUT2D eigenvalue weighted by Gasteiger charge is -2.24. The number of hydrogen-bond donors (Lipinski definition) is 0. The van der Waals surface area contributed by atoms with Crippen LogP contribution in [0.5, 0.6) is 0 Å². The van der Waals surface area contributed by atoms with Crippen LogP contribution in [0.2, 0.25) is 0 Å². The minimum Gasteiger partial charge on any atom is -0.341 e. The molecule has 0 radical (unpaired) electrons. The van der Waals surface area contributed by atoms with E-state index >= 15 is 0 Å². The van der Waals surface area contributed by atoms with Gasteiger partial charge in [0.2, 0.25) is 5.91 Å². The van der Waals surface area contributed by atoms with E-state index < -0.39 is 0 Å². The third-order valence-electron chi connectivity index (χ3n) is 3.39. The van der Waals surface area contributed by atoms with E-state index in [0.717, 1.165) is 18.6 Å². The van der Waals surface area contributed by atoms with Crippen molar-refractivity contribution in [2.45, 2.75) is 44.0 Å². The molecule has 0 N–H and O–H groups in total. The number of carbonyl (C=O) groups is 1. The van der Waals surface area contributed by atoms with E-state index in [1.807, 2.05) is 23.7 Å². The van der Waals surface area contributed by atoms with Crippen LogP contribution in [0, 0.1) is 0 Å². The van der Waals surface area contributed by atoms with E-state index in [-0.39, 0.29) is 12.5 Å². The Labute approximate surface area is 111 Å². The molecule has 7 heteroatoms. The third kappa shape index (κ3) is 3.22. The zero-order valence-electron chi connectivity index (χ0n) is 10.8. The number of likely N-dealkylation sites (N-methyl/N-ethyl adjacent to an activating group) is 1. The highest BCUT2D eigenvalue weighted by Crippen LogP contribution is 2.32. The summed E-state index contributed by atoms with van der Waals surface area (Å²) in [5, 5.41) is 11.5. The van der Waals surface area contributed by atoms with Gasteiger partial charge in [-0.2, -0.15) is 11.8 Å². The second kappa shape index (κ2) is 6.17. The number of thioether (sulfide) groups is 1. The maximum atomic E-state index is 12.1. The minimum atomic E-state index is 0.0782. The molecule has 1 fully saturated rings. The average Bonchev–Trinajstić information content (AvgIpc) is 3.00. The van der Waals surface area contributed by atoms with Crippen LogP contribution in [0.4, 0.5) is 0 Å². The van der Waals surface area contributed by atoms with Crippen molar-refractivity contribution >= 4 is 17.7 Å². The highest BCUT2D eigenvalue weighted by Gasteiger charge is 2.29. The number of carbonyl (C=O) groups excluding carboxylic acids is 1. The fourth-order valence-electron chi connectivity index (χ4n) is 2.36. The summed E-state index contributed by atoms with van der Waals surface area (Å²) in [6.07, 6.45) is 4.90. The maximum Gasteiger partial charge on any atom is 0.244 e. The summed E-state index contributed by atoms with van der Waals surface area (Å²) in [5.74, 6) is 1.23. The molecule has 1 aliphatic carbocycles. The van der Waals surface area contributed by atoms with E-state index in [9.17, 15) is 4.79 Å². The zero-order chi connectivity index (χ0) is 13.0. The molecule has 1 aromatic heterocycles. The largest absolute Gasteiger partial charge is 0.341 e. The van der Waals surface area contributed by atoms with Crippen LogP contribution >= 0.6 is 11.8 Å². The minimum absolute atomic E-state index is 0.0782. The Morgan fingerprint density at radius 2 is 2.39 bits per heavy atom. The molecule has 1 saturated carbocycles. The molecule has 1 aromatic rings. The number of aromatic nitrogens is 4. The number of amides is 1. The van der Waals surface area contributed by atoms with Crippen LogP contribution in [0.15, 0.2) is 6.33 Å². The van der Waals surface area contributed by atoms with Gasteiger partial charge in [-0.05, 0) is 35.4 Å². The number of hydrogen-bond acceptors (Lipinski definition) is 5. The third-order valence-corrected chi connectivity index (χ3v) is 4.62. The van der Waals surface area contributed by atoms with Crippen LogP contribution < -0.4 is 0 Å². The molecule has 0 unspecified atom stereocenters. The SMILES string of the molecule is CCS[C@@H]1CC[C@H](N(C)C(=O)Cn2cnnn2)C1. The first-order chi connectivity index (χ1) is 8.70. The Hall–Kier alpha value is -1.11. The van der Waals surface area contributed by atoms with Gasteiger partial charge >= 0.3 is 0 Å². The van der Waals surface area contributed by atoms with Crippen molar-refractivity contribution in [3.05, 3.63) is 6.33 Å². The summed E-state index contributed by atoms with van der Waals surface area (Å²) >= 11 is 2.00. The summed E-state index contributed by atoms with van der Waals surface area (Å²) in [7, 11) is 1.89. The van der Waals surface area contributed by atoms with Crippen molar-refractivity contribution in [3.8, 4) is 0 Å². The van der Waals surface area contributed by atoms with Gasteiger partial charge in [0.25, 0.3) is 0 Å². The Morgan fingerprint density at radius 3 is 3.06 bits per heavy atom. The molecule has 0 aromatic carbocycles. The van der Waals surface area contributed by atoms with Gasteiger partial charge < -0.3 is 4.90 Å². The Balaban J connectivity index is 1.84. The van der Waals surface area contributed by atoms with E-state index in [1.54, 1.807) is 0 Å². The molecule has 0 bridgehead atoms. The number of rotatable bonds is 5. The Kier molecular flexibility index (Phi) is 4.57. The van der Waals surface area contributed by atoms with Crippen LogP contribution in [0.25, 0.3) is 0 Å². The quantitative estimate of drug-likeness (QED) is 0.791. The number of tetrazole rings is 1. The Morgan fingerprint density at radius 1 is 1.56 bits per heavy atom. The smallest absolute Gasteiger partial charge is 0.244 e. The molecule has 1 heterocycles. The molecule has 0 spiro atoms. The fourth-order valence-corrected chi connectivity index (χ4v) is 3.50. The molecular formula is C11H19N5OS. The van der Waals surface area contributed by atoms with Crippen molar-refractivity contribution in [1.29, 1.82) is 0 Å². The van der Waals surface area contributed by atoms with Gasteiger partial charge in [0, 0.05) is 18.3 Å². The van der Waals surface area contributed by atoms with E-state index in [0.29, 0.717) is 11.3 Å². The summed E-state index contributed by atoms with van der Waals surface area (Å²) < 4.78 is 1.46. The normalized spacial score (nSPS) is 23.2. The summed E-state index contributed by atoms with van der Waals surface area (Å²) in [6.45, 7) is 2.41. The van der Waals surface area contributed by atoms with Crippen LogP contribution in [0.3, 0.4) is 0 Å². The van der Waals surface area contributed by atoms with Crippen molar-refractivity contribution < 1.29 is 4.79 Å². The molecule has 100 valence electrons. The van der Waals surface area contributed by atoms with E-state index in [1.165, 1.54) is 17.4 Å². The first-order valence-corrected chi connectivity index (χ1v) is 7.33. The first-order valence-electron chi connectivity index (χ1n) is 6.28. The van der Waals surface area contributed by atoms with Gasteiger partial charge in [-0.1, -0.05) is 6.92 Å². The topological polar surface area (TPSA) is 63.9 Å². The first kappa shape index (κ1) is 13.3. The van der Waals surface area contributed by atoms with Crippen LogP contribution in [0.1, 0.15) is 26.2 Å². The molecule has 2 rings (SSSR count). The van der Waals surface area contributed by atoms with Gasteiger partial charge in [0.1, 0.15) is 12.9 Å². The van der Waals surface area contributed by atoms with Gasteiger partial charge in [0.15, 0.2) is 0 Å². The molecule has 1 aliphatic rings. The lowest BCUT2D eigenvalue weighted by atomic mass is 10.2. The van der Waals surface area contributed by atoms with Gasteiger partial charge in [-0.25, -0.2) is 4.68 Å². The lowest BCUT2D eigenvalue weighted by molar-refractivity contribution is -0.132. The second-order valence-corrected chi connectivity index (χ2v) is 6.13. The molecule has 0 saturated heterocycles. The maximum absolute atomic E-state index is 12.1. The molecule has 2 atom stereocenters. The van der Waals surface area contributed by atoms with Gasteiger partial charge in [-0.15, -0.1) is 5.10 Å². The second-order valence-electron chi connectivity index (χ2n) is 4.56. The number of nitrogens with zero attached hydrogens (tertiary/aromatic N) is 5. The average molecular weight is 269 g/mol. The van der Waals surface area contributed by atoms with Gasteiger partial charge in [-0.3, -0.25) is 4.79 Å². The Bertz CT molecular complexity index is 383. The molecule has 18 heavy (non-hydrogen) atoms. The molecule has 6 nitrogen and oxygen atoms in total. The predicted molar refractivity (Wildman–Crippen MR) is 70.1 cm³/mol.